The van der Waals surface area contributed by atoms with Crippen LogP contribution < -0.4 is 0 Å². The zero-order chi connectivity index (χ0) is 33.3. The van der Waals surface area contributed by atoms with Crippen molar-refractivity contribution >= 4 is 21.8 Å². The number of nitrogens with zero attached hydrogens (tertiary/aromatic N) is 4. The van der Waals surface area contributed by atoms with E-state index >= 15 is 0 Å². The van der Waals surface area contributed by atoms with Gasteiger partial charge in [-0.1, -0.05) is 158 Å². The smallest absolute Gasteiger partial charge is 0.160 e. The first-order valence-electron chi connectivity index (χ1n) is 16.7. The van der Waals surface area contributed by atoms with Crippen LogP contribution in [0.25, 0.3) is 89.4 Å². The second-order valence-corrected chi connectivity index (χ2v) is 12.3. The molecule has 0 saturated heterocycles. The highest BCUT2D eigenvalue weighted by Crippen LogP contribution is 2.32. The lowest BCUT2D eigenvalue weighted by molar-refractivity contribution is 1.18. The molecule has 3 heterocycles. The van der Waals surface area contributed by atoms with E-state index in [-0.39, 0.29) is 0 Å². The molecule has 0 saturated carbocycles. The summed E-state index contributed by atoms with van der Waals surface area (Å²) >= 11 is 0. The van der Waals surface area contributed by atoms with Gasteiger partial charge >= 0.3 is 0 Å². The minimum atomic E-state index is 0.707. The lowest BCUT2D eigenvalue weighted by Gasteiger charge is -2.11. The highest BCUT2D eigenvalue weighted by Gasteiger charge is 2.13. The number of aromatic nitrogens is 4. The number of benzene rings is 6. The molecule has 0 fully saturated rings. The molecule has 3 aromatic heterocycles. The van der Waals surface area contributed by atoms with Crippen molar-refractivity contribution in [2.45, 2.75) is 0 Å². The second-order valence-electron chi connectivity index (χ2n) is 12.3. The third kappa shape index (κ3) is 5.69. The summed E-state index contributed by atoms with van der Waals surface area (Å²) in [4.78, 5) is 20.2. The molecule has 0 atom stereocenters. The van der Waals surface area contributed by atoms with E-state index in [2.05, 4.69) is 127 Å². The van der Waals surface area contributed by atoms with E-state index in [4.69, 9.17) is 19.9 Å². The van der Waals surface area contributed by atoms with Gasteiger partial charge in [0.05, 0.1) is 33.8 Å². The molecule has 0 aliphatic heterocycles. The molecule has 4 heteroatoms. The van der Waals surface area contributed by atoms with E-state index in [1.165, 1.54) is 0 Å². The summed E-state index contributed by atoms with van der Waals surface area (Å²) in [6.45, 7) is 0. The predicted molar refractivity (Wildman–Crippen MR) is 205 cm³/mol. The van der Waals surface area contributed by atoms with Crippen molar-refractivity contribution in [1.29, 1.82) is 0 Å². The van der Waals surface area contributed by atoms with Gasteiger partial charge in [0.1, 0.15) is 0 Å². The van der Waals surface area contributed by atoms with Crippen LogP contribution in [0, 0.1) is 0 Å². The minimum absolute atomic E-state index is 0.707. The summed E-state index contributed by atoms with van der Waals surface area (Å²) in [5.74, 6) is 0.707. The Labute approximate surface area is 290 Å². The van der Waals surface area contributed by atoms with Crippen LogP contribution in [-0.2, 0) is 0 Å². The second kappa shape index (κ2) is 12.7. The molecular weight excluding hydrogens is 609 g/mol. The van der Waals surface area contributed by atoms with E-state index < -0.39 is 0 Å². The van der Waals surface area contributed by atoms with Crippen molar-refractivity contribution in [1.82, 2.24) is 19.9 Å². The molecule has 6 aromatic carbocycles. The maximum absolute atomic E-state index is 5.15. The number of rotatable bonds is 6. The Balaban J connectivity index is 1.06. The van der Waals surface area contributed by atoms with Crippen LogP contribution in [0.15, 0.2) is 182 Å². The summed E-state index contributed by atoms with van der Waals surface area (Å²) in [6.07, 6.45) is 0. The normalized spacial score (nSPS) is 11.2. The van der Waals surface area contributed by atoms with Gasteiger partial charge in [0.2, 0.25) is 0 Å². The number of fused-ring (bicyclic) bond motifs is 3. The zero-order valence-electron chi connectivity index (χ0n) is 27.1. The van der Waals surface area contributed by atoms with Crippen LogP contribution >= 0.6 is 0 Å². The van der Waals surface area contributed by atoms with Gasteiger partial charge in [-0.05, 0) is 35.4 Å². The number of pyridine rings is 2. The van der Waals surface area contributed by atoms with Crippen LogP contribution in [0.2, 0.25) is 0 Å². The molecule has 0 aliphatic carbocycles. The van der Waals surface area contributed by atoms with Crippen molar-refractivity contribution in [2.75, 3.05) is 0 Å². The third-order valence-corrected chi connectivity index (χ3v) is 9.09. The summed E-state index contributed by atoms with van der Waals surface area (Å²) in [5, 5.41) is 2.15. The quantitative estimate of drug-likeness (QED) is 0.170. The van der Waals surface area contributed by atoms with Gasteiger partial charge < -0.3 is 0 Å². The first-order chi connectivity index (χ1) is 24.7. The maximum atomic E-state index is 5.15. The van der Waals surface area contributed by atoms with Gasteiger partial charge in [-0.3, -0.25) is 0 Å². The summed E-state index contributed by atoms with van der Waals surface area (Å²) in [6, 6.07) is 62.7. The van der Waals surface area contributed by atoms with Gasteiger partial charge in [0.15, 0.2) is 5.82 Å². The van der Waals surface area contributed by atoms with Crippen LogP contribution in [0.4, 0.5) is 0 Å². The number of hydrogen-bond donors (Lipinski definition) is 0. The number of hydrogen-bond acceptors (Lipinski definition) is 4. The summed E-state index contributed by atoms with van der Waals surface area (Å²) < 4.78 is 0. The fourth-order valence-corrected chi connectivity index (χ4v) is 6.46. The molecule has 0 N–H and O–H groups in total. The molecule has 0 radical (unpaired) electrons. The van der Waals surface area contributed by atoms with Gasteiger partial charge in [-0.2, -0.15) is 0 Å². The molecule has 9 aromatic rings. The Kier molecular flexibility index (Phi) is 7.45. The van der Waals surface area contributed by atoms with Gasteiger partial charge in [0, 0.05) is 38.6 Å². The van der Waals surface area contributed by atoms with E-state index in [9.17, 15) is 0 Å². The minimum Gasteiger partial charge on any atom is -0.245 e. The molecule has 50 heavy (non-hydrogen) atoms. The van der Waals surface area contributed by atoms with Gasteiger partial charge in [0.25, 0.3) is 0 Å². The third-order valence-electron chi connectivity index (χ3n) is 9.09. The Morgan fingerprint density at radius 3 is 1.24 bits per heavy atom. The topological polar surface area (TPSA) is 51.6 Å². The molecule has 234 valence electrons. The Hall–Kier alpha value is -6.78. The Morgan fingerprint density at radius 2 is 0.660 bits per heavy atom. The first kappa shape index (κ1) is 29.4. The van der Waals surface area contributed by atoms with Crippen molar-refractivity contribution in [2.24, 2.45) is 0 Å². The van der Waals surface area contributed by atoms with Crippen molar-refractivity contribution < 1.29 is 0 Å². The lowest BCUT2D eigenvalue weighted by Crippen LogP contribution is -1.96. The largest absolute Gasteiger partial charge is 0.245 e. The van der Waals surface area contributed by atoms with Crippen LogP contribution in [0.5, 0.6) is 0 Å². The van der Waals surface area contributed by atoms with Crippen molar-refractivity contribution in [3.63, 3.8) is 0 Å². The molecule has 0 unspecified atom stereocenters. The Morgan fingerprint density at radius 1 is 0.240 bits per heavy atom. The average molecular weight is 639 g/mol. The molecule has 0 spiro atoms. The van der Waals surface area contributed by atoms with Crippen LogP contribution in [0.1, 0.15) is 0 Å². The van der Waals surface area contributed by atoms with E-state index in [0.29, 0.717) is 5.82 Å². The van der Waals surface area contributed by atoms with E-state index in [1.807, 2.05) is 54.6 Å². The van der Waals surface area contributed by atoms with Crippen LogP contribution in [-0.4, -0.2) is 19.9 Å². The fourth-order valence-electron chi connectivity index (χ4n) is 6.46. The SMILES string of the molecule is c1ccc(-c2cc(-c3cccc(-c4ccc(-c5ccc6ccc7ccc(-c8ccccc8)nc7c6n5)cc4)c3)nc(-c3ccccc3)n2)cc1. The fraction of sp³-hybridized carbons (Fsp3) is 0. The highest BCUT2D eigenvalue weighted by molar-refractivity contribution is 6.04. The Bertz CT molecular complexity index is 2560. The average Bonchev–Trinajstić information content (AvgIpc) is 3.21. The zero-order valence-corrected chi connectivity index (χ0v) is 27.1. The van der Waals surface area contributed by atoms with Crippen molar-refractivity contribution in [3.8, 4) is 67.5 Å². The standard InChI is InChI=1S/C46H30N4/c1-4-11-32(12-5-1)40-27-25-35-23-24-36-26-28-41(48-45(36)44(35)47-40)34-21-19-31(20-22-34)38-17-10-18-39(29-38)43-30-42(33-13-6-2-7-14-33)49-46(50-43)37-15-8-3-9-16-37/h1-30H. The van der Waals surface area contributed by atoms with E-state index in [0.717, 1.165) is 83.5 Å². The molecule has 0 aliphatic rings. The summed E-state index contributed by atoms with van der Waals surface area (Å²) in [5.41, 5.74) is 12.9. The molecule has 4 nitrogen and oxygen atoms in total. The highest BCUT2D eigenvalue weighted by atomic mass is 14.9. The molecule has 0 bridgehead atoms. The first-order valence-corrected chi connectivity index (χ1v) is 16.7. The predicted octanol–water partition coefficient (Wildman–Crippen LogP) is 11.6. The monoisotopic (exact) mass is 638 g/mol. The maximum Gasteiger partial charge on any atom is 0.160 e. The molecule has 9 rings (SSSR count). The van der Waals surface area contributed by atoms with Crippen molar-refractivity contribution in [3.05, 3.63) is 182 Å². The lowest BCUT2D eigenvalue weighted by atomic mass is 9.99. The van der Waals surface area contributed by atoms with Gasteiger partial charge in [-0.15, -0.1) is 0 Å². The molecular formula is C46H30N4. The molecule has 0 amide bonds. The summed E-state index contributed by atoms with van der Waals surface area (Å²) in [7, 11) is 0. The van der Waals surface area contributed by atoms with Crippen LogP contribution in [0.3, 0.4) is 0 Å². The van der Waals surface area contributed by atoms with Gasteiger partial charge in [-0.25, -0.2) is 19.9 Å². The van der Waals surface area contributed by atoms with E-state index in [1.54, 1.807) is 0 Å².